The van der Waals surface area contributed by atoms with Crippen molar-refractivity contribution in [3.05, 3.63) is 72.4 Å². The number of halogens is 4. The first-order valence-corrected chi connectivity index (χ1v) is 12.7. The van der Waals surface area contributed by atoms with Crippen LogP contribution < -0.4 is 10.6 Å². The molecule has 0 saturated carbocycles. The number of benzene rings is 3. The van der Waals surface area contributed by atoms with Crippen LogP contribution in [0.4, 0.5) is 17.6 Å². The van der Waals surface area contributed by atoms with Crippen LogP contribution in [-0.2, 0) is 6.54 Å². The minimum absolute atomic E-state index is 0.229. The summed E-state index contributed by atoms with van der Waals surface area (Å²) in [5, 5.41) is 7.51. The van der Waals surface area contributed by atoms with Crippen molar-refractivity contribution in [1.82, 2.24) is 30.6 Å². The molecule has 10 heteroatoms. The highest BCUT2D eigenvalue weighted by molar-refractivity contribution is 6.05. The molecule has 6 nitrogen and oxygen atoms in total. The molecule has 3 heterocycles. The molecule has 206 valence electrons. The van der Waals surface area contributed by atoms with Gasteiger partial charge in [-0.15, -0.1) is 12.8 Å². The molecule has 3 aromatic carbocycles. The van der Waals surface area contributed by atoms with E-state index in [4.69, 9.17) is 0 Å². The molecular weight excluding hydrogens is 520 g/mol. The summed E-state index contributed by atoms with van der Waals surface area (Å²) in [5.74, 6) is -4.37. The molecule has 0 bridgehead atoms. The molecule has 0 unspecified atom stereocenters. The lowest BCUT2D eigenvalue weighted by Gasteiger charge is -2.09. The smallest absolute Gasteiger partial charge is 0.262 e. The highest BCUT2D eigenvalue weighted by atomic mass is 19.3. The van der Waals surface area contributed by atoms with E-state index in [0.717, 1.165) is 51.1 Å². The maximum absolute atomic E-state index is 13.7. The number of nitrogens with zero attached hydrogens (tertiary/aromatic N) is 2. The Kier molecular flexibility index (Phi) is 7.36. The Morgan fingerprint density at radius 2 is 1.73 bits per heavy atom. The summed E-state index contributed by atoms with van der Waals surface area (Å²) in [4.78, 5) is 15.3. The standard InChI is InChI=1S/C28H26F4N6.C2H2/c1-27(29,30)14-33-13-24-34-12-23(36-24)17-4-2-16(3-5-17)18-6-8-20-19(10-18)7-9-21-25(20)38-26(37-21)22-11-28(31,32)15-35-22;1-2/h2-10,12,22,33,35H,11,13-15H2,1H3,(H,34,36)(H,37,38);1-2H/t22-;/m0./s1. The number of imidazole rings is 2. The van der Waals surface area contributed by atoms with Gasteiger partial charge in [0.05, 0.1) is 48.6 Å². The number of terminal acetylenes is 1. The number of rotatable bonds is 7. The Morgan fingerprint density at radius 1 is 1.00 bits per heavy atom. The quantitative estimate of drug-likeness (QED) is 0.139. The van der Waals surface area contributed by atoms with Gasteiger partial charge in [-0.05, 0) is 34.2 Å². The molecule has 0 aliphatic carbocycles. The van der Waals surface area contributed by atoms with Gasteiger partial charge in [-0.2, -0.15) is 0 Å². The van der Waals surface area contributed by atoms with Crippen molar-refractivity contribution in [2.24, 2.45) is 0 Å². The molecule has 1 aliphatic rings. The Balaban J connectivity index is 0.00000158. The molecule has 2 aromatic heterocycles. The van der Waals surface area contributed by atoms with Crippen LogP contribution in [0.15, 0.2) is 60.8 Å². The lowest BCUT2D eigenvalue weighted by molar-refractivity contribution is 0.0205. The minimum atomic E-state index is -2.77. The van der Waals surface area contributed by atoms with Crippen molar-refractivity contribution in [3.8, 4) is 35.2 Å². The molecule has 0 spiro atoms. The summed E-state index contributed by atoms with van der Waals surface area (Å²) in [6.07, 6.45) is 9.43. The van der Waals surface area contributed by atoms with Crippen LogP contribution in [0, 0.1) is 12.8 Å². The summed E-state index contributed by atoms with van der Waals surface area (Å²) in [6.45, 7) is 0.357. The molecule has 1 atom stereocenters. The van der Waals surface area contributed by atoms with E-state index in [1.54, 1.807) is 6.20 Å². The van der Waals surface area contributed by atoms with Crippen molar-refractivity contribution in [3.63, 3.8) is 0 Å². The third kappa shape index (κ3) is 5.86. The number of fused-ring (bicyclic) bond motifs is 3. The lowest BCUT2D eigenvalue weighted by atomic mass is 9.99. The fourth-order valence-electron chi connectivity index (χ4n) is 4.92. The number of nitrogens with one attached hydrogen (secondary N) is 4. The Hall–Kier alpha value is -4.20. The molecule has 1 aliphatic heterocycles. The van der Waals surface area contributed by atoms with Gasteiger partial charge in [-0.1, -0.05) is 42.5 Å². The summed E-state index contributed by atoms with van der Waals surface area (Å²) in [7, 11) is 0. The monoisotopic (exact) mass is 548 g/mol. The van der Waals surface area contributed by atoms with E-state index < -0.39 is 24.4 Å². The number of alkyl halides is 4. The first-order chi connectivity index (χ1) is 19.1. The van der Waals surface area contributed by atoms with Crippen LogP contribution in [-0.4, -0.2) is 44.9 Å². The Morgan fingerprint density at radius 3 is 2.42 bits per heavy atom. The maximum Gasteiger partial charge on any atom is 0.262 e. The number of hydrogen-bond donors (Lipinski definition) is 4. The Labute approximate surface area is 228 Å². The molecule has 40 heavy (non-hydrogen) atoms. The predicted molar refractivity (Wildman–Crippen MR) is 149 cm³/mol. The van der Waals surface area contributed by atoms with Crippen LogP contribution in [0.1, 0.15) is 31.0 Å². The second kappa shape index (κ2) is 10.8. The van der Waals surface area contributed by atoms with Crippen molar-refractivity contribution in [2.75, 3.05) is 13.1 Å². The van der Waals surface area contributed by atoms with Gasteiger partial charge < -0.3 is 20.6 Å². The van der Waals surface area contributed by atoms with Crippen LogP contribution in [0.2, 0.25) is 0 Å². The van der Waals surface area contributed by atoms with Crippen molar-refractivity contribution >= 4 is 21.8 Å². The summed E-state index contributed by atoms with van der Waals surface area (Å²) in [6, 6.07) is 17.6. The van der Waals surface area contributed by atoms with Crippen LogP contribution in [0.3, 0.4) is 0 Å². The highest BCUT2D eigenvalue weighted by Crippen LogP contribution is 2.35. The molecule has 0 amide bonds. The third-order valence-electron chi connectivity index (χ3n) is 6.81. The van der Waals surface area contributed by atoms with E-state index in [0.29, 0.717) is 11.6 Å². The zero-order valence-corrected chi connectivity index (χ0v) is 21.7. The zero-order valence-electron chi connectivity index (χ0n) is 21.7. The molecule has 6 rings (SSSR count). The Bertz CT molecular complexity index is 1650. The molecule has 4 N–H and O–H groups in total. The SMILES string of the molecule is C#C.CC(F)(F)CNCc1ncc(-c2ccc(-c3ccc4c(ccc5[nH]c([C@@H]6CC(F)(F)CN6)nc54)c3)cc2)[nH]1. The van der Waals surface area contributed by atoms with Crippen molar-refractivity contribution in [1.29, 1.82) is 0 Å². The van der Waals surface area contributed by atoms with E-state index >= 15 is 0 Å². The molecule has 5 aromatic rings. The second-order valence-corrected chi connectivity index (χ2v) is 10.0. The normalized spacial score (nSPS) is 16.7. The number of aromatic amines is 2. The lowest BCUT2D eigenvalue weighted by Crippen LogP contribution is -2.29. The van der Waals surface area contributed by atoms with Gasteiger partial charge in [-0.3, -0.25) is 0 Å². The molecule has 1 fully saturated rings. The van der Waals surface area contributed by atoms with E-state index in [1.807, 2.05) is 48.5 Å². The largest absolute Gasteiger partial charge is 0.341 e. The fraction of sp³-hybridized carbons (Fsp3) is 0.267. The van der Waals surface area contributed by atoms with Gasteiger partial charge in [-0.25, -0.2) is 27.5 Å². The van der Waals surface area contributed by atoms with Gasteiger partial charge in [0.1, 0.15) is 11.6 Å². The van der Waals surface area contributed by atoms with E-state index in [1.165, 1.54) is 0 Å². The maximum atomic E-state index is 13.7. The summed E-state index contributed by atoms with van der Waals surface area (Å²) < 4.78 is 53.3. The molecule has 0 radical (unpaired) electrons. The van der Waals surface area contributed by atoms with Gasteiger partial charge in [0.15, 0.2) is 0 Å². The minimum Gasteiger partial charge on any atom is -0.341 e. The van der Waals surface area contributed by atoms with Gasteiger partial charge in [0.2, 0.25) is 0 Å². The number of hydrogen-bond acceptors (Lipinski definition) is 4. The summed E-state index contributed by atoms with van der Waals surface area (Å²) in [5.41, 5.74) is 5.39. The number of H-pyrrole nitrogens is 2. The number of aromatic nitrogens is 4. The molecular formula is C30H28F4N6. The predicted octanol–water partition coefficient (Wildman–Crippen LogP) is 6.44. The average molecular weight is 549 g/mol. The first kappa shape index (κ1) is 27.4. The van der Waals surface area contributed by atoms with Crippen LogP contribution in [0.25, 0.3) is 44.2 Å². The van der Waals surface area contributed by atoms with E-state index in [-0.39, 0.29) is 19.5 Å². The van der Waals surface area contributed by atoms with Gasteiger partial charge in [0, 0.05) is 18.7 Å². The van der Waals surface area contributed by atoms with Crippen LogP contribution >= 0.6 is 0 Å². The van der Waals surface area contributed by atoms with Gasteiger partial charge >= 0.3 is 0 Å². The average Bonchev–Trinajstić information content (AvgIpc) is 3.67. The molecule has 1 saturated heterocycles. The first-order valence-electron chi connectivity index (χ1n) is 12.7. The second-order valence-electron chi connectivity index (χ2n) is 10.0. The van der Waals surface area contributed by atoms with E-state index in [2.05, 4.69) is 49.5 Å². The van der Waals surface area contributed by atoms with Crippen LogP contribution in [0.5, 0.6) is 0 Å². The summed E-state index contributed by atoms with van der Waals surface area (Å²) >= 11 is 0. The van der Waals surface area contributed by atoms with Crippen molar-refractivity contribution < 1.29 is 17.6 Å². The zero-order chi connectivity index (χ0) is 28.5. The highest BCUT2D eigenvalue weighted by Gasteiger charge is 2.41. The topological polar surface area (TPSA) is 81.4 Å². The fourth-order valence-corrected chi connectivity index (χ4v) is 4.92. The van der Waals surface area contributed by atoms with E-state index in [9.17, 15) is 17.6 Å². The van der Waals surface area contributed by atoms with Crippen molar-refractivity contribution in [2.45, 2.75) is 37.8 Å². The van der Waals surface area contributed by atoms with Gasteiger partial charge in [0.25, 0.3) is 11.8 Å². The third-order valence-corrected chi connectivity index (χ3v) is 6.81.